The molecule has 1 aromatic rings. The van der Waals surface area contributed by atoms with Crippen LogP contribution in [0.4, 0.5) is 5.69 Å². The molecule has 3 N–H and O–H groups in total. The predicted molar refractivity (Wildman–Crippen MR) is 69.0 cm³/mol. The van der Waals surface area contributed by atoms with E-state index >= 15 is 0 Å². The van der Waals surface area contributed by atoms with E-state index in [9.17, 15) is 4.79 Å². The minimum Gasteiger partial charge on any atom is -0.396 e. The fourth-order valence-electron chi connectivity index (χ4n) is 1.41. The Kier molecular flexibility index (Phi) is 6.29. The highest BCUT2D eigenvalue weighted by Crippen LogP contribution is 2.07. The Labute approximate surface area is 102 Å². The summed E-state index contributed by atoms with van der Waals surface area (Å²) in [7, 11) is 0. The lowest BCUT2D eigenvalue weighted by Crippen LogP contribution is -2.28. The van der Waals surface area contributed by atoms with Crippen LogP contribution in [0.25, 0.3) is 0 Å². The number of carbonyl (C=O) groups excluding carboxylic acids is 1. The lowest BCUT2D eigenvalue weighted by Gasteiger charge is -2.06. The molecule has 0 aliphatic rings. The Morgan fingerprint density at radius 2 is 1.94 bits per heavy atom. The first kappa shape index (κ1) is 13.7. The van der Waals surface area contributed by atoms with Gasteiger partial charge < -0.3 is 15.7 Å². The van der Waals surface area contributed by atoms with Gasteiger partial charge in [0.25, 0.3) is 0 Å². The van der Waals surface area contributed by atoms with Gasteiger partial charge in [-0.3, -0.25) is 4.79 Å². The third kappa shape index (κ3) is 6.04. The van der Waals surface area contributed by atoms with Crippen molar-refractivity contribution in [2.24, 2.45) is 0 Å². The predicted octanol–water partition coefficient (Wildman–Crippen LogP) is 1.30. The number of hydrogen-bond acceptors (Lipinski definition) is 3. The standard InChI is InChI=1S/C13H20N2O2/c1-11-4-6-12(7-5-11)15-13(17)10-14-8-2-3-9-16/h4-7,14,16H,2-3,8-10H2,1H3,(H,15,17). The molecule has 0 radical (unpaired) electrons. The second kappa shape index (κ2) is 7.81. The average molecular weight is 236 g/mol. The number of rotatable bonds is 7. The Bertz CT molecular complexity index is 336. The fourth-order valence-corrected chi connectivity index (χ4v) is 1.41. The minimum absolute atomic E-state index is 0.0437. The summed E-state index contributed by atoms with van der Waals surface area (Å²) in [6.07, 6.45) is 1.65. The van der Waals surface area contributed by atoms with Crippen molar-refractivity contribution >= 4 is 11.6 Å². The Hall–Kier alpha value is -1.39. The average Bonchev–Trinajstić information content (AvgIpc) is 2.32. The van der Waals surface area contributed by atoms with E-state index in [0.29, 0.717) is 6.54 Å². The quantitative estimate of drug-likeness (QED) is 0.625. The van der Waals surface area contributed by atoms with E-state index in [-0.39, 0.29) is 12.5 Å². The number of benzene rings is 1. The zero-order valence-corrected chi connectivity index (χ0v) is 10.2. The van der Waals surface area contributed by atoms with Gasteiger partial charge in [0, 0.05) is 12.3 Å². The summed E-state index contributed by atoms with van der Waals surface area (Å²) in [5.41, 5.74) is 1.99. The molecular formula is C13H20N2O2. The molecule has 0 aliphatic heterocycles. The van der Waals surface area contributed by atoms with Crippen molar-refractivity contribution in [3.8, 4) is 0 Å². The molecule has 1 aromatic carbocycles. The number of hydrogen-bond donors (Lipinski definition) is 3. The summed E-state index contributed by atoms with van der Waals surface area (Å²) < 4.78 is 0. The van der Waals surface area contributed by atoms with Crippen molar-refractivity contribution in [2.45, 2.75) is 19.8 Å². The van der Waals surface area contributed by atoms with E-state index in [1.54, 1.807) is 0 Å². The molecule has 1 amide bonds. The molecule has 0 spiro atoms. The molecule has 0 atom stereocenters. The molecule has 0 unspecified atom stereocenters. The van der Waals surface area contributed by atoms with Gasteiger partial charge in [0.15, 0.2) is 0 Å². The van der Waals surface area contributed by atoms with Crippen molar-refractivity contribution in [1.29, 1.82) is 0 Å². The summed E-state index contributed by atoms with van der Waals surface area (Å²) >= 11 is 0. The second-order valence-corrected chi connectivity index (χ2v) is 4.02. The van der Waals surface area contributed by atoms with Crippen molar-refractivity contribution in [3.05, 3.63) is 29.8 Å². The van der Waals surface area contributed by atoms with Crippen molar-refractivity contribution in [2.75, 3.05) is 25.0 Å². The van der Waals surface area contributed by atoms with Gasteiger partial charge in [0.2, 0.25) is 5.91 Å². The summed E-state index contributed by atoms with van der Waals surface area (Å²) in [5.74, 6) is -0.0437. The van der Waals surface area contributed by atoms with Gasteiger partial charge in [-0.1, -0.05) is 17.7 Å². The highest BCUT2D eigenvalue weighted by atomic mass is 16.2. The molecule has 1 rings (SSSR count). The maximum Gasteiger partial charge on any atom is 0.238 e. The van der Waals surface area contributed by atoms with Crippen molar-refractivity contribution in [1.82, 2.24) is 5.32 Å². The molecule has 94 valence electrons. The molecular weight excluding hydrogens is 216 g/mol. The van der Waals surface area contributed by atoms with Crippen LogP contribution in [-0.4, -0.2) is 30.7 Å². The normalized spacial score (nSPS) is 10.2. The van der Waals surface area contributed by atoms with E-state index in [1.165, 1.54) is 5.56 Å². The molecule has 0 aromatic heterocycles. The van der Waals surface area contributed by atoms with Crippen LogP contribution in [0.15, 0.2) is 24.3 Å². The molecule has 17 heavy (non-hydrogen) atoms. The minimum atomic E-state index is -0.0437. The van der Waals surface area contributed by atoms with Crippen LogP contribution in [-0.2, 0) is 4.79 Å². The molecule has 0 saturated carbocycles. The zero-order valence-electron chi connectivity index (χ0n) is 10.2. The number of amides is 1. The van der Waals surface area contributed by atoms with Crippen molar-refractivity contribution < 1.29 is 9.90 Å². The molecule has 0 saturated heterocycles. The number of aliphatic hydroxyl groups excluding tert-OH is 1. The van der Waals surface area contributed by atoms with Crippen LogP contribution in [0.1, 0.15) is 18.4 Å². The number of anilines is 1. The zero-order chi connectivity index (χ0) is 12.5. The first-order valence-electron chi connectivity index (χ1n) is 5.90. The Balaban J connectivity index is 2.18. The lowest BCUT2D eigenvalue weighted by atomic mass is 10.2. The van der Waals surface area contributed by atoms with Gasteiger partial charge in [0.05, 0.1) is 6.54 Å². The number of carbonyl (C=O) groups is 1. The molecule has 0 heterocycles. The monoisotopic (exact) mass is 236 g/mol. The number of unbranched alkanes of at least 4 members (excludes halogenated alkanes) is 1. The van der Waals surface area contributed by atoms with Gasteiger partial charge in [-0.05, 0) is 38.4 Å². The van der Waals surface area contributed by atoms with E-state index in [4.69, 9.17) is 5.11 Å². The number of aryl methyl sites for hydroxylation is 1. The van der Waals surface area contributed by atoms with Crippen LogP contribution in [0.5, 0.6) is 0 Å². The molecule has 4 nitrogen and oxygen atoms in total. The number of aliphatic hydroxyl groups is 1. The summed E-state index contributed by atoms with van der Waals surface area (Å²) in [6.45, 7) is 3.27. The largest absolute Gasteiger partial charge is 0.396 e. The van der Waals surface area contributed by atoms with Gasteiger partial charge in [-0.25, -0.2) is 0 Å². The van der Waals surface area contributed by atoms with Crippen LogP contribution in [0.3, 0.4) is 0 Å². The highest BCUT2D eigenvalue weighted by Gasteiger charge is 2.00. The van der Waals surface area contributed by atoms with Gasteiger partial charge in [0.1, 0.15) is 0 Å². The lowest BCUT2D eigenvalue weighted by molar-refractivity contribution is -0.115. The first-order chi connectivity index (χ1) is 8.22. The van der Waals surface area contributed by atoms with Crippen molar-refractivity contribution in [3.63, 3.8) is 0 Å². The SMILES string of the molecule is Cc1ccc(NC(=O)CNCCCCO)cc1. The fraction of sp³-hybridized carbons (Fsp3) is 0.462. The maximum atomic E-state index is 11.5. The highest BCUT2D eigenvalue weighted by molar-refractivity contribution is 5.92. The first-order valence-corrected chi connectivity index (χ1v) is 5.90. The second-order valence-electron chi connectivity index (χ2n) is 4.02. The maximum absolute atomic E-state index is 11.5. The van der Waals surface area contributed by atoms with Gasteiger partial charge in [-0.15, -0.1) is 0 Å². The van der Waals surface area contributed by atoms with Gasteiger partial charge in [-0.2, -0.15) is 0 Å². The molecule has 0 bridgehead atoms. The Morgan fingerprint density at radius 3 is 2.59 bits per heavy atom. The van der Waals surface area contributed by atoms with E-state index in [2.05, 4.69) is 10.6 Å². The molecule has 4 heteroatoms. The summed E-state index contributed by atoms with van der Waals surface area (Å²) in [5, 5.41) is 14.4. The topological polar surface area (TPSA) is 61.4 Å². The Morgan fingerprint density at radius 1 is 1.24 bits per heavy atom. The van der Waals surface area contributed by atoms with Crippen LogP contribution >= 0.6 is 0 Å². The third-order valence-corrected chi connectivity index (χ3v) is 2.38. The summed E-state index contributed by atoms with van der Waals surface area (Å²) in [4.78, 5) is 11.5. The van der Waals surface area contributed by atoms with E-state index in [1.807, 2.05) is 31.2 Å². The number of nitrogens with one attached hydrogen (secondary N) is 2. The third-order valence-electron chi connectivity index (χ3n) is 2.38. The molecule has 0 fully saturated rings. The van der Waals surface area contributed by atoms with Gasteiger partial charge >= 0.3 is 0 Å². The van der Waals surface area contributed by atoms with Crippen LogP contribution in [0, 0.1) is 6.92 Å². The van der Waals surface area contributed by atoms with E-state index < -0.39 is 0 Å². The van der Waals surface area contributed by atoms with Crippen LogP contribution in [0.2, 0.25) is 0 Å². The summed E-state index contributed by atoms with van der Waals surface area (Å²) in [6, 6.07) is 7.70. The van der Waals surface area contributed by atoms with Crippen LogP contribution < -0.4 is 10.6 Å². The van der Waals surface area contributed by atoms with E-state index in [0.717, 1.165) is 25.1 Å². The smallest absolute Gasteiger partial charge is 0.238 e. The molecule has 0 aliphatic carbocycles.